The van der Waals surface area contributed by atoms with Crippen molar-refractivity contribution in [2.45, 2.75) is 6.04 Å². The normalized spacial score (nSPS) is 12.4. The van der Waals surface area contributed by atoms with Gasteiger partial charge in [0, 0.05) is 27.5 Å². The monoisotopic (exact) mass is 344 g/mol. The van der Waals surface area contributed by atoms with Crippen molar-refractivity contribution in [1.29, 1.82) is 0 Å². The van der Waals surface area contributed by atoms with Crippen LogP contribution in [0.2, 0.25) is 10.0 Å². The first kappa shape index (κ1) is 13.8. The Balaban J connectivity index is 2.56. The van der Waals surface area contributed by atoms with Crippen LogP contribution in [0.5, 0.6) is 0 Å². The molecule has 1 N–H and O–H groups in total. The van der Waals surface area contributed by atoms with Gasteiger partial charge in [-0.05, 0) is 30.8 Å². The van der Waals surface area contributed by atoms with Crippen LogP contribution < -0.4 is 5.32 Å². The Morgan fingerprint density at radius 3 is 2.61 bits per heavy atom. The van der Waals surface area contributed by atoms with Crippen molar-refractivity contribution in [3.8, 4) is 0 Å². The van der Waals surface area contributed by atoms with E-state index in [1.54, 1.807) is 12.4 Å². The zero-order chi connectivity index (χ0) is 13.1. The highest BCUT2D eigenvalue weighted by atomic mass is 79.9. The van der Waals surface area contributed by atoms with Gasteiger partial charge in [0.25, 0.3) is 0 Å². The molecule has 0 saturated heterocycles. The molecule has 1 heterocycles. The molecule has 0 bridgehead atoms. The minimum atomic E-state index is -0.0800. The lowest BCUT2D eigenvalue weighted by atomic mass is 10.00. The fourth-order valence-electron chi connectivity index (χ4n) is 1.86. The van der Waals surface area contributed by atoms with E-state index in [2.05, 4.69) is 26.2 Å². The summed E-state index contributed by atoms with van der Waals surface area (Å²) in [6.07, 6.45) is 3.35. The predicted octanol–water partition coefficient (Wildman–Crippen LogP) is 4.46. The molecule has 1 unspecified atom stereocenters. The van der Waals surface area contributed by atoms with Crippen LogP contribution in [-0.2, 0) is 0 Å². The third kappa shape index (κ3) is 2.69. The Bertz CT molecular complexity index is 540. The van der Waals surface area contributed by atoms with Crippen molar-refractivity contribution in [2.75, 3.05) is 7.05 Å². The van der Waals surface area contributed by atoms with E-state index in [4.69, 9.17) is 23.2 Å². The van der Waals surface area contributed by atoms with Crippen molar-refractivity contribution in [3.05, 3.63) is 62.3 Å². The first-order valence-electron chi connectivity index (χ1n) is 5.35. The Morgan fingerprint density at radius 1 is 1.22 bits per heavy atom. The molecule has 5 heteroatoms. The molecular weight excluding hydrogens is 335 g/mol. The topological polar surface area (TPSA) is 24.9 Å². The average Bonchev–Trinajstić information content (AvgIpc) is 2.35. The van der Waals surface area contributed by atoms with Crippen LogP contribution in [0.1, 0.15) is 17.2 Å². The van der Waals surface area contributed by atoms with Gasteiger partial charge in [0.05, 0.1) is 11.1 Å². The molecule has 1 aromatic carbocycles. The number of benzene rings is 1. The van der Waals surface area contributed by atoms with Gasteiger partial charge in [0.15, 0.2) is 0 Å². The summed E-state index contributed by atoms with van der Waals surface area (Å²) in [5, 5.41) is 4.54. The summed E-state index contributed by atoms with van der Waals surface area (Å²) in [4.78, 5) is 4.00. The van der Waals surface area contributed by atoms with E-state index in [1.807, 2.05) is 31.3 Å². The molecule has 1 aromatic heterocycles. The molecule has 0 aliphatic heterocycles. The van der Waals surface area contributed by atoms with Crippen LogP contribution >= 0.6 is 39.1 Å². The fourth-order valence-corrected chi connectivity index (χ4v) is 3.08. The molecule has 0 fully saturated rings. The molecule has 0 aliphatic rings. The maximum absolute atomic E-state index is 6.28. The second kappa shape index (κ2) is 6.02. The van der Waals surface area contributed by atoms with Gasteiger partial charge in [0.1, 0.15) is 0 Å². The molecule has 2 rings (SSSR count). The third-order valence-electron chi connectivity index (χ3n) is 2.69. The molecule has 0 radical (unpaired) electrons. The van der Waals surface area contributed by atoms with Crippen LogP contribution in [0.25, 0.3) is 0 Å². The molecular formula is C13H11BrCl2N2. The minimum absolute atomic E-state index is 0.0800. The Morgan fingerprint density at radius 2 is 2.00 bits per heavy atom. The van der Waals surface area contributed by atoms with Crippen molar-refractivity contribution < 1.29 is 0 Å². The molecule has 1 atom stereocenters. The van der Waals surface area contributed by atoms with E-state index in [9.17, 15) is 0 Å². The van der Waals surface area contributed by atoms with Gasteiger partial charge in [-0.3, -0.25) is 4.98 Å². The number of pyridine rings is 1. The number of hydrogen-bond donors (Lipinski definition) is 1. The van der Waals surface area contributed by atoms with Crippen molar-refractivity contribution in [1.82, 2.24) is 10.3 Å². The van der Waals surface area contributed by atoms with Gasteiger partial charge in [-0.25, -0.2) is 0 Å². The van der Waals surface area contributed by atoms with Gasteiger partial charge in [0.2, 0.25) is 0 Å². The van der Waals surface area contributed by atoms with Gasteiger partial charge in [-0.1, -0.05) is 45.2 Å². The number of aromatic nitrogens is 1. The largest absolute Gasteiger partial charge is 0.309 e. The number of nitrogens with zero attached hydrogens (tertiary/aromatic N) is 1. The van der Waals surface area contributed by atoms with Crippen molar-refractivity contribution in [3.63, 3.8) is 0 Å². The SMILES string of the molecule is CNC(c1ccncc1Cl)c1c(Cl)cccc1Br. The second-order valence-electron chi connectivity index (χ2n) is 3.75. The first-order valence-corrected chi connectivity index (χ1v) is 6.90. The van der Waals surface area contributed by atoms with E-state index in [0.717, 1.165) is 15.6 Å². The second-order valence-corrected chi connectivity index (χ2v) is 5.42. The maximum Gasteiger partial charge on any atom is 0.0640 e. The van der Waals surface area contributed by atoms with Crippen molar-refractivity contribution >= 4 is 39.1 Å². The van der Waals surface area contributed by atoms with Crippen molar-refractivity contribution in [2.24, 2.45) is 0 Å². The van der Waals surface area contributed by atoms with E-state index in [-0.39, 0.29) is 6.04 Å². The molecule has 2 aromatic rings. The highest BCUT2D eigenvalue weighted by Gasteiger charge is 2.20. The summed E-state index contributed by atoms with van der Waals surface area (Å²) in [6, 6.07) is 7.53. The summed E-state index contributed by atoms with van der Waals surface area (Å²) < 4.78 is 0.947. The Hall–Kier alpha value is -0.610. The number of rotatable bonds is 3. The van der Waals surface area contributed by atoms with Crippen LogP contribution in [0.4, 0.5) is 0 Å². The van der Waals surface area contributed by atoms with E-state index in [1.165, 1.54) is 0 Å². The molecule has 0 amide bonds. The minimum Gasteiger partial charge on any atom is -0.309 e. The van der Waals surface area contributed by atoms with Crippen LogP contribution in [0, 0.1) is 0 Å². The van der Waals surface area contributed by atoms with Crippen LogP contribution in [-0.4, -0.2) is 12.0 Å². The first-order chi connectivity index (χ1) is 8.65. The molecule has 0 spiro atoms. The van der Waals surface area contributed by atoms with E-state index < -0.39 is 0 Å². The van der Waals surface area contributed by atoms with Crippen LogP contribution in [0.3, 0.4) is 0 Å². The average molecular weight is 346 g/mol. The fraction of sp³-hybridized carbons (Fsp3) is 0.154. The predicted molar refractivity (Wildman–Crippen MR) is 79.3 cm³/mol. The molecule has 0 saturated carbocycles. The van der Waals surface area contributed by atoms with Gasteiger partial charge >= 0.3 is 0 Å². The maximum atomic E-state index is 6.28. The lowest BCUT2D eigenvalue weighted by molar-refractivity contribution is 0.688. The van der Waals surface area contributed by atoms with E-state index >= 15 is 0 Å². The highest BCUT2D eigenvalue weighted by Crippen LogP contribution is 2.36. The summed E-state index contributed by atoms with van der Waals surface area (Å²) in [7, 11) is 1.87. The summed E-state index contributed by atoms with van der Waals surface area (Å²) in [5.74, 6) is 0. The standard InChI is InChI=1S/C13H11BrCl2N2/c1-17-13(8-5-6-18-7-11(8)16)12-9(14)3-2-4-10(12)15/h2-7,13,17H,1H3. The molecule has 18 heavy (non-hydrogen) atoms. The molecule has 94 valence electrons. The van der Waals surface area contributed by atoms with Gasteiger partial charge in [-0.2, -0.15) is 0 Å². The summed E-state index contributed by atoms with van der Waals surface area (Å²) in [6.45, 7) is 0. The third-order valence-corrected chi connectivity index (χ3v) is 4.03. The Labute approximate surface area is 124 Å². The van der Waals surface area contributed by atoms with E-state index in [0.29, 0.717) is 10.0 Å². The number of nitrogens with one attached hydrogen (secondary N) is 1. The number of hydrogen-bond acceptors (Lipinski definition) is 2. The summed E-state index contributed by atoms with van der Waals surface area (Å²) >= 11 is 16.0. The molecule has 2 nitrogen and oxygen atoms in total. The summed E-state index contributed by atoms with van der Waals surface area (Å²) in [5.41, 5.74) is 1.91. The lowest BCUT2D eigenvalue weighted by Crippen LogP contribution is -2.19. The quantitative estimate of drug-likeness (QED) is 0.888. The Kier molecular flexibility index (Phi) is 4.62. The van der Waals surface area contributed by atoms with Crippen LogP contribution in [0.15, 0.2) is 41.1 Å². The molecule has 0 aliphatic carbocycles. The zero-order valence-electron chi connectivity index (χ0n) is 9.62. The van der Waals surface area contributed by atoms with Gasteiger partial charge < -0.3 is 5.32 Å². The zero-order valence-corrected chi connectivity index (χ0v) is 12.7. The highest BCUT2D eigenvalue weighted by molar-refractivity contribution is 9.10. The lowest BCUT2D eigenvalue weighted by Gasteiger charge is -2.20. The van der Waals surface area contributed by atoms with Gasteiger partial charge in [-0.15, -0.1) is 0 Å². The number of halogens is 3. The smallest absolute Gasteiger partial charge is 0.0640 e.